The van der Waals surface area contributed by atoms with Crippen molar-refractivity contribution in [1.29, 1.82) is 5.26 Å². The molecular formula is C11H11FN2O. The van der Waals surface area contributed by atoms with Crippen molar-refractivity contribution >= 4 is 0 Å². The zero-order valence-corrected chi connectivity index (χ0v) is 8.07. The lowest BCUT2D eigenvalue weighted by Gasteiger charge is -2.12. The number of nitriles is 1. The summed E-state index contributed by atoms with van der Waals surface area (Å²) in [5.41, 5.74) is 5.70. The first kappa shape index (κ1) is 11.2. The molecule has 0 aliphatic rings. The molecule has 0 aliphatic heterocycles. The minimum Gasteiger partial charge on any atom is -0.506 e. The first-order valence-corrected chi connectivity index (χ1v) is 4.39. The number of rotatable bonds is 3. The van der Waals surface area contributed by atoms with Crippen LogP contribution in [0.3, 0.4) is 0 Å². The molecule has 1 rings (SSSR count). The van der Waals surface area contributed by atoms with Gasteiger partial charge < -0.3 is 10.8 Å². The number of hydrogen-bond acceptors (Lipinski definition) is 3. The van der Waals surface area contributed by atoms with Crippen LogP contribution in [0, 0.1) is 17.1 Å². The fraction of sp³-hybridized carbons (Fsp3) is 0.182. The van der Waals surface area contributed by atoms with E-state index < -0.39 is 11.9 Å². The second-order valence-corrected chi connectivity index (χ2v) is 3.10. The Morgan fingerprint density at radius 3 is 2.87 bits per heavy atom. The van der Waals surface area contributed by atoms with Gasteiger partial charge in [-0.2, -0.15) is 5.26 Å². The van der Waals surface area contributed by atoms with Gasteiger partial charge in [-0.3, -0.25) is 0 Å². The average Bonchev–Trinajstić information content (AvgIpc) is 2.18. The summed E-state index contributed by atoms with van der Waals surface area (Å²) in [4.78, 5) is 0. The van der Waals surface area contributed by atoms with E-state index in [1.807, 2.05) is 0 Å². The smallest absolute Gasteiger partial charge is 0.144 e. The van der Waals surface area contributed by atoms with Gasteiger partial charge in [0.15, 0.2) is 0 Å². The second-order valence-electron chi connectivity index (χ2n) is 3.10. The van der Waals surface area contributed by atoms with E-state index in [-0.39, 0.29) is 11.3 Å². The molecule has 4 heteroatoms. The summed E-state index contributed by atoms with van der Waals surface area (Å²) in [6, 6.07) is 3.61. The molecule has 1 aromatic carbocycles. The molecule has 0 saturated carbocycles. The van der Waals surface area contributed by atoms with Gasteiger partial charge in [0.25, 0.3) is 0 Å². The Balaban J connectivity index is 3.22. The summed E-state index contributed by atoms with van der Waals surface area (Å²) in [7, 11) is 0. The van der Waals surface area contributed by atoms with Crippen molar-refractivity contribution in [3.05, 3.63) is 41.7 Å². The third kappa shape index (κ3) is 2.14. The maximum absolute atomic E-state index is 13.0. The number of aromatic hydroxyl groups is 1. The lowest BCUT2D eigenvalue weighted by Crippen LogP contribution is -2.10. The summed E-state index contributed by atoms with van der Waals surface area (Å²) in [5.74, 6) is -1.13. The van der Waals surface area contributed by atoms with Gasteiger partial charge in [0.1, 0.15) is 23.2 Å². The molecule has 0 aliphatic carbocycles. The zero-order chi connectivity index (χ0) is 11.4. The van der Waals surface area contributed by atoms with E-state index in [1.165, 1.54) is 6.07 Å². The highest BCUT2D eigenvalue weighted by atomic mass is 19.1. The maximum Gasteiger partial charge on any atom is 0.144 e. The van der Waals surface area contributed by atoms with E-state index >= 15 is 0 Å². The van der Waals surface area contributed by atoms with Crippen molar-refractivity contribution in [3.63, 3.8) is 0 Å². The van der Waals surface area contributed by atoms with Crippen molar-refractivity contribution in [2.75, 3.05) is 0 Å². The molecule has 3 nitrogen and oxygen atoms in total. The predicted octanol–water partition coefficient (Wildman–Crippen LogP) is 1.98. The third-order valence-corrected chi connectivity index (χ3v) is 2.09. The van der Waals surface area contributed by atoms with E-state index in [0.29, 0.717) is 12.0 Å². The molecule has 1 aromatic rings. The molecule has 0 saturated heterocycles. The number of phenolic OH excluding ortho intramolecular Hbond substituents is 1. The largest absolute Gasteiger partial charge is 0.506 e. The average molecular weight is 206 g/mol. The standard InChI is InChI=1S/C11H11FN2O/c1-2-3-10(14)7-4-5-9(12)8(6-13)11(7)15/h2,4-5,10,15H,1,3,14H2/t10-/m0/s1. The molecule has 3 N–H and O–H groups in total. The molecule has 0 bridgehead atoms. The molecule has 0 heterocycles. The van der Waals surface area contributed by atoms with Crippen LogP contribution >= 0.6 is 0 Å². The molecule has 1 atom stereocenters. The predicted molar refractivity (Wildman–Crippen MR) is 54.5 cm³/mol. The Morgan fingerprint density at radius 2 is 2.33 bits per heavy atom. The lowest BCUT2D eigenvalue weighted by molar-refractivity contribution is 0.453. The molecule has 0 fully saturated rings. The second kappa shape index (κ2) is 4.58. The quantitative estimate of drug-likeness (QED) is 0.743. The Kier molecular flexibility index (Phi) is 3.42. The molecule has 0 radical (unpaired) electrons. The molecule has 78 valence electrons. The van der Waals surface area contributed by atoms with Gasteiger partial charge in [0, 0.05) is 11.6 Å². The van der Waals surface area contributed by atoms with E-state index in [1.54, 1.807) is 12.1 Å². The van der Waals surface area contributed by atoms with Crippen molar-refractivity contribution in [2.24, 2.45) is 5.73 Å². The van der Waals surface area contributed by atoms with Crippen LogP contribution in [0.25, 0.3) is 0 Å². The summed E-state index contributed by atoms with van der Waals surface area (Å²) < 4.78 is 13.0. The number of nitrogens with zero attached hydrogens (tertiary/aromatic N) is 1. The van der Waals surface area contributed by atoms with Crippen molar-refractivity contribution < 1.29 is 9.50 Å². The first-order chi connectivity index (χ1) is 7.11. The van der Waals surface area contributed by atoms with Crippen molar-refractivity contribution in [3.8, 4) is 11.8 Å². The number of phenols is 1. The summed E-state index contributed by atoms with van der Waals surface area (Å²) in [6.07, 6.45) is 2.05. The number of hydrogen-bond donors (Lipinski definition) is 2. The Labute approximate surface area is 87.3 Å². The summed E-state index contributed by atoms with van der Waals surface area (Å²) in [5, 5.41) is 18.2. The van der Waals surface area contributed by atoms with Crippen LogP contribution in [0.5, 0.6) is 5.75 Å². The van der Waals surface area contributed by atoms with Crippen molar-refractivity contribution in [1.82, 2.24) is 0 Å². The Morgan fingerprint density at radius 1 is 1.67 bits per heavy atom. The summed E-state index contributed by atoms with van der Waals surface area (Å²) in [6.45, 7) is 3.52. The molecule has 0 amide bonds. The molecule has 0 unspecified atom stereocenters. The molecule has 0 aromatic heterocycles. The Hall–Kier alpha value is -1.86. The van der Waals surface area contributed by atoms with Crippen LogP contribution in [0.2, 0.25) is 0 Å². The van der Waals surface area contributed by atoms with Crippen LogP contribution < -0.4 is 5.73 Å². The summed E-state index contributed by atoms with van der Waals surface area (Å²) >= 11 is 0. The Bertz CT molecular complexity index is 423. The van der Waals surface area contributed by atoms with Gasteiger partial charge in [-0.05, 0) is 12.5 Å². The monoisotopic (exact) mass is 206 g/mol. The van der Waals surface area contributed by atoms with Crippen LogP contribution in [0.4, 0.5) is 4.39 Å². The van der Waals surface area contributed by atoms with Gasteiger partial charge in [0.2, 0.25) is 0 Å². The van der Waals surface area contributed by atoms with Crippen molar-refractivity contribution in [2.45, 2.75) is 12.5 Å². The molecule has 0 spiro atoms. The SMILES string of the molecule is C=CC[C@H](N)c1ccc(F)c(C#N)c1O. The number of halogens is 1. The minimum atomic E-state index is -0.746. The molecule has 15 heavy (non-hydrogen) atoms. The normalized spacial score (nSPS) is 11.8. The van der Waals surface area contributed by atoms with Crippen LogP contribution in [0.1, 0.15) is 23.6 Å². The van der Waals surface area contributed by atoms with E-state index in [4.69, 9.17) is 11.0 Å². The third-order valence-electron chi connectivity index (χ3n) is 2.09. The van der Waals surface area contributed by atoms with Gasteiger partial charge in [-0.25, -0.2) is 4.39 Å². The number of benzene rings is 1. The zero-order valence-electron chi connectivity index (χ0n) is 8.07. The van der Waals surface area contributed by atoms with Gasteiger partial charge >= 0.3 is 0 Å². The van der Waals surface area contributed by atoms with Gasteiger partial charge in [0.05, 0.1) is 0 Å². The lowest BCUT2D eigenvalue weighted by atomic mass is 10.0. The fourth-order valence-corrected chi connectivity index (χ4v) is 1.29. The first-order valence-electron chi connectivity index (χ1n) is 4.39. The highest BCUT2D eigenvalue weighted by Crippen LogP contribution is 2.29. The van der Waals surface area contributed by atoms with Gasteiger partial charge in [-0.15, -0.1) is 6.58 Å². The van der Waals surface area contributed by atoms with Crippen LogP contribution in [0.15, 0.2) is 24.8 Å². The maximum atomic E-state index is 13.0. The minimum absolute atomic E-state index is 0.354. The van der Waals surface area contributed by atoms with Crippen LogP contribution in [-0.4, -0.2) is 5.11 Å². The fourth-order valence-electron chi connectivity index (χ4n) is 1.29. The highest BCUT2D eigenvalue weighted by molar-refractivity contribution is 5.49. The molecular weight excluding hydrogens is 195 g/mol. The van der Waals surface area contributed by atoms with Gasteiger partial charge in [-0.1, -0.05) is 12.1 Å². The van der Waals surface area contributed by atoms with E-state index in [2.05, 4.69) is 6.58 Å². The highest BCUT2D eigenvalue weighted by Gasteiger charge is 2.16. The van der Waals surface area contributed by atoms with E-state index in [9.17, 15) is 9.50 Å². The van der Waals surface area contributed by atoms with E-state index in [0.717, 1.165) is 6.07 Å². The van der Waals surface area contributed by atoms with Crippen LogP contribution in [-0.2, 0) is 0 Å². The number of nitrogens with two attached hydrogens (primary N) is 1. The topological polar surface area (TPSA) is 70.0 Å².